The first-order valence-corrected chi connectivity index (χ1v) is 7.25. The minimum absolute atomic E-state index is 0.0376. The molecule has 1 atom stereocenters. The maximum Gasteiger partial charge on any atom is 0.0702 e. The average molecular weight is 361 g/mol. The number of aryl methyl sites for hydroxylation is 1. The van der Waals surface area contributed by atoms with Crippen molar-refractivity contribution < 1.29 is 0 Å². The molecule has 16 heavy (non-hydrogen) atoms. The van der Waals surface area contributed by atoms with E-state index in [2.05, 4.69) is 57.0 Å². The number of nitrogens with two attached hydrogens (primary N) is 1. The molecule has 1 heterocycles. The van der Waals surface area contributed by atoms with Crippen LogP contribution in [0.25, 0.3) is 0 Å². The Morgan fingerprint density at radius 3 is 2.50 bits per heavy atom. The predicted molar refractivity (Wildman–Crippen MR) is 76.9 cm³/mol. The lowest BCUT2D eigenvalue weighted by atomic mass is 10.0. The fourth-order valence-corrected chi connectivity index (χ4v) is 3.56. The molecule has 4 heteroatoms. The van der Waals surface area contributed by atoms with Crippen LogP contribution in [0.15, 0.2) is 38.6 Å². The van der Waals surface area contributed by atoms with Crippen LogP contribution >= 0.6 is 43.2 Å². The summed E-state index contributed by atoms with van der Waals surface area (Å²) in [5.41, 5.74) is 8.65. The van der Waals surface area contributed by atoms with Crippen LogP contribution in [0.3, 0.4) is 0 Å². The quantitative estimate of drug-likeness (QED) is 0.830. The van der Waals surface area contributed by atoms with E-state index in [0.717, 1.165) is 8.26 Å². The molecule has 1 nitrogen and oxygen atoms in total. The maximum absolute atomic E-state index is 6.25. The van der Waals surface area contributed by atoms with Gasteiger partial charge in [-0.15, -0.1) is 11.3 Å². The third-order valence-electron chi connectivity index (χ3n) is 2.47. The number of hydrogen-bond donors (Lipinski definition) is 1. The smallest absolute Gasteiger partial charge is 0.0702 e. The minimum Gasteiger partial charge on any atom is -0.320 e. The summed E-state index contributed by atoms with van der Waals surface area (Å²) in [4.78, 5) is 1.18. The third kappa shape index (κ3) is 2.56. The molecule has 0 aliphatic rings. The molecule has 84 valence electrons. The van der Waals surface area contributed by atoms with Crippen LogP contribution < -0.4 is 5.73 Å². The van der Waals surface area contributed by atoms with E-state index >= 15 is 0 Å². The van der Waals surface area contributed by atoms with E-state index in [1.807, 2.05) is 12.1 Å². The van der Waals surface area contributed by atoms with Gasteiger partial charge in [0, 0.05) is 9.35 Å². The third-order valence-corrected chi connectivity index (χ3v) is 4.67. The topological polar surface area (TPSA) is 26.0 Å². The molecule has 0 bridgehead atoms. The van der Waals surface area contributed by atoms with Gasteiger partial charge in [-0.25, -0.2) is 0 Å². The van der Waals surface area contributed by atoms with Crippen molar-refractivity contribution in [3.8, 4) is 0 Å². The van der Waals surface area contributed by atoms with Gasteiger partial charge >= 0.3 is 0 Å². The highest BCUT2D eigenvalue weighted by molar-refractivity contribution is 9.11. The van der Waals surface area contributed by atoms with Gasteiger partial charge in [0.05, 0.1) is 9.83 Å². The van der Waals surface area contributed by atoms with Gasteiger partial charge in [0.25, 0.3) is 0 Å². The average Bonchev–Trinajstić information content (AvgIpc) is 2.64. The van der Waals surface area contributed by atoms with Crippen molar-refractivity contribution in [1.82, 2.24) is 0 Å². The summed E-state index contributed by atoms with van der Waals surface area (Å²) >= 11 is 8.60. The standard InChI is InChI=1S/C12H11Br2NS/c1-7-6-8(13)2-3-9(7)12(15)10-4-5-11(14)16-10/h2-6,12H,15H2,1H3. The summed E-state index contributed by atoms with van der Waals surface area (Å²) in [6.07, 6.45) is 0. The molecule has 1 aromatic heterocycles. The molecule has 0 aliphatic heterocycles. The van der Waals surface area contributed by atoms with Crippen LogP contribution in [0.2, 0.25) is 0 Å². The zero-order valence-corrected chi connectivity index (χ0v) is 12.7. The highest BCUT2D eigenvalue weighted by atomic mass is 79.9. The molecule has 1 aromatic carbocycles. The monoisotopic (exact) mass is 359 g/mol. The number of hydrogen-bond acceptors (Lipinski definition) is 2. The zero-order chi connectivity index (χ0) is 11.7. The number of rotatable bonds is 2. The fourth-order valence-electron chi connectivity index (χ4n) is 1.64. The first kappa shape index (κ1) is 12.3. The van der Waals surface area contributed by atoms with Crippen LogP contribution in [0.5, 0.6) is 0 Å². The van der Waals surface area contributed by atoms with E-state index in [1.165, 1.54) is 16.0 Å². The summed E-state index contributed by atoms with van der Waals surface area (Å²) in [6, 6.07) is 10.3. The largest absolute Gasteiger partial charge is 0.320 e. The molecule has 0 radical (unpaired) electrons. The first-order valence-electron chi connectivity index (χ1n) is 4.85. The van der Waals surface area contributed by atoms with Crippen molar-refractivity contribution in [2.75, 3.05) is 0 Å². The van der Waals surface area contributed by atoms with E-state index in [9.17, 15) is 0 Å². The molecule has 0 amide bonds. The van der Waals surface area contributed by atoms with Gasteiger partial charge in [0.2, 0.25) is 0 Å². The molecule has 0 spiro atoms. The van der Waals surface area contributed by atoms with Crippen molar-refractivity contribution in [2.45, 2.75) is 13.0 Å². The lowest BCUT2D eigenvalue weighted by Gasteiger charge is -2.13. The normalized spacial score (nSPS) is 12.8. The summed E-state index contributed by atoms with van der Waals surface area (Å²) in [5, 5.41) is 0. The van der Waals surface area contributed by atoms with Gasteiger partial charge in [-0.3, -0.25) is 0 Å². The van der Waals surface area contributed by atoms with E-state index < -0.39 is 0 Å². The van der Waals surface area contributed by atoms with Gasteiger partial charge in [-0.1, -0.05) is 22.0 Å². The second-order valence-corrected chi connectivity index (χ2v) is 7.03. The molecule has 0 fully saturated rings. The van der Waals surface area contributed by atoms with Crippen LogP contribution in [0, 0.1) is 6.92 Å². The Kier molecular flexibility index (Phi) is 3.85. The zero-order valence-electron chi connectivity index (χ0n) is 8.71. The van der Waals surface area contributed by atoms with Crippen LogP contribution in [0.4, 0.5) is 0 Å². The van der Waals surface area contributed by atoms with Crippen LogP contribution in [-0.4, -0.2) is 0 Å². The molecule has 1 unspecified atom stereocenters. The second-order valence-electron chi connectivity index (χ2n) is 3.62. The molecule has 2 rings (SSSR count). The molecular formula is C12H11Br2NS. The molecule has 0 saturated carbocycles. The van der Waals surface area contributed by atoms with Gasteiger partial charge in [0.1, 0.15) is 0 Å². The van der Waals surface area contributed by atoms with Crippen molar-refractivity contribution in [1.29, 1.82) is 0 Å². The predicted octanol–water partition coefficient (Wildman–Crippen LogP) is 4.63. The second kappa shape index (κ2) is 5.00. The fraction of sp³-hybridized carbons (Fsp3) is 0.167. The minimum atomic E-state index is -0.0376. The van der Waals surface area contributed by atoms with E-state index in [4.69, 9.17) is 5.73 Å². The Morgan fingerprint density at radius 2 is 1.94 bits per heavy atom. The Hall–Kier alpha value is -0.160. The molecular weight excluding hydrogens is 350 g/mol. The summed E-state index contributed by atoms with van der Waals surface area (Å²) in [7, 11) is 0. The van der Waals surface area contributed by atoms with Gasteiger partial charge in [-0.2, -0.15) is 0 Å². The number of halogens is 2. The van der Waals surface area contributed by atoms with Gasteiger partial charge in [-0.05, 0) is 58.2 Å². The summed E-state index contributed by atoms with van der Waals surface area (Å²) < 4.78 is 2.21. The first-order chi connectivity index (χ1) is 7.58. The van der Waals surface area contributed by atoms with Gasteiger partial charge in [0.15, 0.2) is 0 Å². The van der Waals surface area contributed by atoms with Crippen molar-refractivity contribution in [3.05, 3.63) is 54.6 Å². The Labute approximate surface area is 116 Å². The Bertz CT molecular complexity index is 507. The molecule has 0 aliphatic carbocycles. The highest BCUT2D eigenvalue weighted by Gasteiger charge is 2.13. The maximum atomic E-state index is 6.25. The summed E-state index contributed by atoms with van der Waals surface area (Å²) in [5.74, 6) is 0. The SMILES string of the molecule is Cc1cc(Br)ccc1C(N)c1ccc(Br)s1. The lowest BCUT2D eigenvalue weighted by Crippen LogP contribution is -2.11. The van der Waals surface area contributed by atoms with Crippen molar-refractivity contribution >= 4 is 43.2 Å². The lowest BCUT2D eigenvalue weighted by molar-refractivity contribution is 0.882. The van der Waals surface area contributed by atoms with Crippen LogP contribution in [-0.2, 0) is 0 Å². The summed E-state index contributed by atoms with van der Waals surface area (Å²) in [6.45, 7) is 2.09. The molecule has 0 saturated heterocycles. The van der Waals surface area contributed by atoms with Crippen molar-refractivity contribution in [2.24, 2.45) is 5.73 Å². The number of thiophene rings is 1. The van der Waals surface area contributed by atoms with Gasteiger partial charge < -0.3 is 5.73 Å². The van der Waals surface area contributed by atoms with E-state index in [1.54, 1.807) is 11.3 Å². The van der Waals surface area contributed by atoms with E-state index in [0.29, 0.717) is 0 Å². The van der Waals surface area contributed by atoms with Crippen molar-refractivity contribution in [3.63, 3.8) is 0 Å². The van der Waals surface area contributed by atoms with E-state index in [-0.39, 0.29) is 6.04 Å². The molecule has 2 N–H and O–H groups in total. The Morgan fingerprint density at radius 1 is 1.19 bits per heavy atom. The highest BCUT2D eigenvalue weighted by Crippen LogP contribution is 2.31. The molecule has 2 aromatic rings. The van der Waals surface area contributed by atoms with Crippen LogP contribution in [0.1, 0.15) is 22.0 Å². The Balaban J connectivity index is 2.37. The number of benzene rings is 1.